The molecule has 0 saturated heterocycles. The Morgan fingerprint density at radius 1 is 1.20 bits per heavy atom. The first-order chi connectivity index (χ1) is 7.00. The van der Waals surface area contributed by atoms with Gasteiger partial charge in [0.1, 0.15) is 0 Å². The summed E-state index contributed by atoms with van der Waals surface area (Å²) in [5.74, 6) is 0. The summed E-state index contributed by atoms with van der Waals surface area (Å²) < 4.78 is 0. The Hall–Kier alpha value is -0.980. The largest absolute Gasteiger partial charge is 0.374 e. The lowest BCUT2D eigenvalue weighted by Gasteiger charge is -2.32. The van der Waals surface area contributed by atoms with Crippen LogP contribution in [0.3, 0.4) is 0 Å². The maximum absolute atomic E-state index is 2.38. The second kappa shape index (κ2) is 3.55. The summed E-state index contributed by atoms with van der Waals surface area (Å²) >= 11 is 0. The van der Waals surface area contributed by atoms with Gasteiger partial charge in [0.2, 0.25) is 0 Å². The molecule has 2 rings (SSSR count). The SMILES string of the molecule is CN1CCCc2c1cccc2C(C)(C)C. The van der Waals surface area contributed by atoms with Crippen molar-refractivity contribution in [2.75, 3.05) is 18.5 Å². The van der Waals surface area contributed by atoms with Crippen molar-refractivity contribution in [2.24, 2.45) is 0 Å². The number of hydrogen-bond acceptors (Lipinski definition) is 1. The third-order valence-corrected chi connectivity index (χ3v) is 3.29. The van der Waals surface area contributed by atoms with Crippen molar-refractivity contribution >= 4 is 5.69 Å². The third kappa shape index (κ3) is 1.88. The van der Waals surface area contributed by atoms with E-state index in [2.05, 4.69) is 50.9 Å². The van der Waals surface area contributed by atoms with E-state index < -0.39 is 0 Å². The summed E-state index contributed by atoms with van der Waals surface area (Å²) in [6, 6.07) is 6.74. The highest BCUT2D eigenvalue weighted by Gasteiger charge is 2.22. The van der Waals surface area contributed by atoms with Gasteiger partial charge in [0.05, 0.1) is 0 Å². The molecule has 1 aliphatic rings. The first-order valence-corrected chi connectivity index (χ1v) is 5.83. The summed E-state index contributed by atoms with van der Waals surface area (Å²) in [4.78, 5) is 2.38. The molecule has 0 fully saturated rings. The Kier molecular flexibility index (Phi) is 2.49. The van der Waals surface area contributed by atoms with Crippen LogP contribution in [0.1, 0.15) is 38.3 Å². The van der Waals surface area contributed by atoms with Crippen LogP contribution in [0.15, 0.2) is 18.2 Å². The van der Waals surface area contributed by atoms with E-state index in [0.717, 1.165) is 0 Å². The molecule has 0 aliphatic carbocycles. The molecule has 0 bridgehead atoms. The van der Waals surface area contributed by atoms with Crippen molar-refractivity contribution in [1.82, 2.24) is 0 Å². The van der Waals surface area contributed by atoms with Gasteiger partial charge < -0.3 is 4.90 Å². The molecule has 0 atom stereocenters. The van der Waals surface area contributed by atoms with Gasteiger partial charge in [-0.1, -0.05) is 32.9 Å². The quantitative estimate of drug-likeness (QED) is 0.625. The molecule has 1 aromatic carbocycles. The lowest BCUT2D eigenvalue weighted by molar-refractivity contribution is 0.576. The van der Waals surface area contributed by atoms with E-state index in [0.29, 0.717) is 0 Å². The van der Waals surface area contributed by atoms with Crippen LogP contribution in [0, 0.1) is 0 Å². The lowest BCUT2D eigenvalue weighted by Crippen LogP contribution is -2.27. The van der Waals surface area contributed by atoms with Gasteiger partial charge in [0, 0.05) is 19.3 Å². The number of nitrogens with zero attached hydrogens (tertiary/aromatic N) is 1. The molecule has 15 heavy (non-hydrogen) atoms. The van der Waals surface area contributed by atoms with E-state index in [9.17, 15) is 0 Å². The van der Waals surface area contributed by atoms with Gasteiger partial charge in [-0.25, -0.2) is 0 Å². The van der Waals surface area contributed by atoms with Crippen LogP contribution in [-0.4, -0.2) is 13.6 Å². The van der Waals surface area contributed by atoms with Gasteiger partial charge in [-0.2, -0.15) is 0 Å². The Morgan fingerprint density at radius 2 is 1.93 bits per heavy atom. The van der Waals surface area contributed by atoms with E-state index in [1.807, 2.05) is 0 Å². The van der Waals surface area contributed by atoms with Crippen LogP contribution in [-0.2, 0) is 11.8 Å². The average Bonchev–Trinajstić information content (AvgIpc) is 2.16. The van der Waals surface area contributed by atoms with Gasteiger partial charge in [0.15, 0.2) is 0 Å². The predicted octanol–water partition coefficient (Wildman–Crippen LogP) is 3.37. The molecule has 0 radical (unpaired) electrons. The highest BCUT2D eigenvalue weighted by molar-refractivity contribution is 5.59. The van der Waals surface area contributed by atoms with Crippen LogP contribution < -0.4 is 4.90 Å². The number of benzene rings is 1. The molecule has 0 unspecified atom stereocenters. The van der Waals surface area contributed by atoms with E-state index in [-0.39, 0.29) is 5.41 Å². The molecular formula is C14H21N. The summed E-state index contributed by atoms with van der Waals surface area (Å²) in [5.41, 5.74) is 4.79. The highest BCUT2D eigenvalue weighted by Crippen LogP contribution is 2.34. The van der Waals surface area contributed by atoms with Gasteiger partial charge in [0.25, 0.3) is 0 Å². The van der Waals surface area contributed by atoms with Crippen LogP contribution in [0.4, 0.5) is 5.69 Å². The Balaban J connectivity index is 2.54. The van der Waals surface area contributed by atoms with E-state index >= 15 is 0 Å². The predicted molar refractivity (Wildman–Crippen MR) is 66.7 cm³/mol. The smallest absolute Gasteiger partial charge is 0.0399 e. The van der Waals surface area contributed by atoms with E-state index in [1.165, 1.54) is 30.6 Å². The molecule has 1 aromatic rings. The minimum Gasteiger partial charge on any atom is -0.374 e. The van der Waals surface area contributed by atoms with Crippen molar-refractivity contribution < 1.29 is 0 Å². The van der Waals surface area contributed by atoms with Gasteiger partial charge in [-0.15, -0.1) is 0 Å². The molecule has 0 N–H and O–H groups in total. The maximum Gasteiger partial charge on any atom is 0.0399 e. The number of fused-ring (bicyclic) bond motifs is 1. The summed E-state index contributed by atoms with van der Waals surface area (Å²) in [7, 11) is 2.20. The van der Waals surface area contributed by atoms with Crippen molar-refractivity contribution in [3.63, 3.8) is 0 Å². The molecule has 0 saturated carbocycles. The zero-order chi connectivity index (χ0) is 11.1. The van der Waals surface area contributed by atoms with E-state index in [4.69, 9.17) is 0 Å². The fourth-order valence-corrected chi connectivity index (χ4v) is 2.51. The van der Waals surface area contributed by atoms with E-state index in [1.54, 1.807) is 5.56 Å². The van der Waals surface area contributed by atoms with Gasteiger partial charge in [-0.05, 0) is 35.4 Å². The number of hydrogen-bond donors (Lipinski definition) is 0. The lowest BCUT2D eigenvalue weighted by atomic mass is 9.81. The molecule has 1 aliphatic heterocycles. The monoisotopic (exact) mass is 203 g/mol. The molecule has 0 amide bonds. The number of rotatable bonds is 0. The maximum atomic E-state index is 2.38. The molecule has 1 nitrogen and oxygen atoms in total. The Morgan fingerprint density at radius 3 is 2.60 bits per heavy atom. The van der Waals surface area contributed by atoms with Crippen molar-refractivity contribution in [3.05, 3.63) is 29.3 Å². The molecule has 0 aromatic heterocycles. The van der Waals surface area contributed by atoms with Crippen molar-refractivity contribution in [2.45, 2.75) is 39.0 Å². The zero-order valence-corrected chi connectivity index (χ0v) is 10.3. The van der Waals surface area contributed by atoms with Crippen LogP contribution in [0.2, 0.25) is 0 Å². The van der Waals surface area contributed by atoms with Crippen LogP contribution in [0.25, 0.3) is 0 Å². The minimum absolute atomic E-state index is 0.267. The number of anilines is 1. The third-order valence-electron chi connectivity index (χ3n) is 3.29. The van der Waals surface area contributed by atoms with Gasteiger partial charge >= 0.3 is 0 Å². The second-order valence-corrected chi connectivity index (χ2v) is 5.58. The fraction of sp³-hybridized carbons (Fsp3) is 0.571. The Bertz CT molecular complexity index is 360. The first-order valence-electron chi connectivity index (χ1n) is 5.83. The summed E-state index contributed by atoms with van der Waals surface area (Å²) in [5, 5.41) is 0. The van der Waals surface area contributed by atoms with Gasteiger partial charge in [-0.3, -0.25) is 0 Å². The zero-order valence-electron chi connectivity index (χ0n) is 10.3. The highest BCUT2D eigenvalue weighted by atomic mass is 15.1. The second-order valence-electron chi connectivity index (χ2n) is 5.58. The fourth-order valence-electron chi connectivity index (χ4n) is 2.51. The summed E-state index contributed by atoms with van der Waals surface area (Å²) in [6.07, 6.45) is 2.53. The Labute approximate surface area is 93.1 Å². The molecule has 1 heterocycles. The first kappa shape index (κ1) is 10.5. The van der Waals surface area contributed by atoms with Crippen LogP contribution in [0.5, 0.6) is 0 Å². The standard InChI is InChI=1S/C14H21N/c1-14(2,3)12-8-5-9-13-11(12)7-6-10-15(13)4/h5,8-9H,6-7,10H2,1-4H3. The topological polar surface area (TPSA) is 3.24 Å². The molecular weight excluding hydrogens is 182 g/mol. The van der Waals surface area contributed by atoms with Crippen LogP contribution >= 0.6 is 0 Å². The molecule has 82 valence electrons. The summed E-state index contributed by atoms with van der Waals surface area (Å²) in [6.45, 7) is 8.10. The van der Waals surface area contributed by atoms with Crippen molar-refractivity contribution in [1.29, 1.82) is 0 Å². The average molecular weight is 203 g/mol. The van der Waals surface area contributed by atoms with Crippen molar-refractivity contribution in [3.8, 4) is 0 Å². The molecule has 1 heteroatoms. The normalized spacial score (nSPS) is 16.4. The molecule has 0 spiro atoms. The minimum atomic E-state index is 0.267.